The molecule has 3 heterocycles. The van der Waals surface area contributed by atoms with Crippen LogP contribution in [0.15, 0.2) is 90.1 Å². The summed E-state index contributed by atoms with van der Waals surface area (Å²) in [4.78, 5) is 16.4. The second kappa shape index (κ2) is 12.2. The third kappa shape index (κ3) is 5.93. The van der Waals surface area contributed by atoms with E-state index < -0.39 is 39.1 Å². The van der Waals surface area contributed by atoms with E-state index in [-0.39, 0.29) is 57.4 Å². The molecular weight excluding hydrogens is 618 g/mol. The molecule has 13 nitrogen and oxygen atoms in total. The number of pyridine rings is 1. The number of carbonyl (C=O) groups is 1. The van der Waals surface area contributed by atoms with Crippen LogP contribution >= 0.6 is 0 Å². The minimum absolute atomic E-state index is 0. The predicted molar refractivity (Wildman–Crippen MR) is 155 cm³/mol. The number of benzene rings is 3. The van der Waals surface area contributed by atoms with Gasteiger partial charge in [0.25, 0.3) is 10.0 Å². The van der Waals surface area contributed by atoms with E-state index >= 15 is 8.78 Å². The molecule has 0 aliphatic carbocycles. The molecule has 0 spiro atoms. The number of rotatable bonds is 8. The first-order chi connectivity index (χ1) is 21.1. The molecule has 3 aromatic carbocycles. The summed E-state index contributed by atoms with van der Waals surface area (Å²) >= 11 is 0. The highest BCUT2D eigenvalue weighted by Gasteiger charge is 2.42. The Morgan fingerprint density at radius 2 is 1.73 bits per heavy atom. The van der Waals surface area contributed by atoms with Gasteiger partial charge in [0.05, 0.1) is 29.2 Å². The van der Waals surface area contributed by atoms with Crippen molar-refractivity contribution in [3.63, 3.8) is 0 Å². The number of quaternary nitrogens is 1. The lowest BCUT2D eigenvalue weighted by atomic mass is 9.92. The number of hydrogen-bond acceptors (Lipinski definition) is 9. The smallest absolute Gasteiger partial charge is 0.417 e. The maximum absolute atomic E-state index is 15.2. The van der Waals surface area contributed by atoms with Crippen LogP contribution in [0.4, 0.5) is 25.0 Å². The van der Waals surface area contributed by atoms with E-state index in [1.165, 1.54) is 54.9 Å². The molecule has 0 unspecified atom stereocenters. The first-order valence-corrected chi connectivity index (χ1v) is 14.4. The van der Waals surface area contributed by atoms with Crippen LogP contribution in [-0.4, -0.2) is 47.3 Å². The summed E-state index contributed by atoms with van der Waals surface area (Å²) in [5.74, 6) is -3.37. The largest absolute Gasteiger partial charge is 0.630 e. The van der Waals surface area contributed by atoms with Crippen molar-refractivity contribution in [1.82, 2.24) is 8.96 Å². The summed E-state index contributed by atoms with van der Waals surface area (Å²) in [7, 11) is -4.21. The van der Waals surface area contributed by atoms with Crippen molar-refractivity contribution in [3.8, 4) is 17.2 Å². The molecule has 1 aliphatic rings. The highest BCUT2D eigenvalue weighted by Crippen LogP contribution is 2.42. The summed E-state index contributed by atoms with van der Waals surface area (Å²) < 4.78 is 74.2. The lowest BCUT2D eigenvalue weighted by molar-refractivity contribution is -0.497. The van der Waals surface area contributed by atoms with Crippen LogP contribution in [0.25, 0.3) is 11.0 Å². The van der Waals surface area contributed by atoms with Crippen molar-refractivity contribution in [1.29, 1.82) is 0 Å². The molecule has 0 radical (unpaired) electrons. The number of nitrogens with one attached hydrogen (secondary N) is 1. The average molecular weight is 643 g/mol. The molecule has 0 atom stereocenters. The summed E-state index contributed by atoms with van der Waals surface area (Å²) in [6.07, 6.45) is 1.34. The van der Waals surface area contributed by atoms with Crippen molar-refractivity contribution in [2.24, 2.45) is 0 Å². The fraction of sp³-hybridized carbons (Fsp3) is 0.103. The van der Waals surface area contributed by atoms with Gasteiger partial charge in [-0.1, -0.05) is 18.2 Å². The van der Waals surface area contributed by atoms with Crippen LogP contribution in [0.1, 0.15) is 5.56 Å². The maximum Gasteiger partial charge on any atom is 0.417 e. The number of carbonyl (C=O) groups excluding carboxylic acids is 1. The summed E-state index contributed by atoms with van der Waals surface area (Å²) in [5.41, 5.74) is -1.00. The van der Waals surface area contributed by atoms with Gasteiger partial charge in [0, 0.05) is 42.2 Å². The standard InChI is InChI=1S/C29H22F2N4O8S.H2O/c30-22-12-18(33-28(36)42-19-8-6-17(34-38)7-9-19)13-23(31)26(22)43-24-10-11-32-27-25(24)21(29(37)15-41-16-29)14-35(27)44(39,40)20-4-2-1-3-5-20;/h1-14,37H,15-16,34H2,(H,33,36);1H2. The number of aromatic nitrogens is 2. The van der Waals surface area contributed by atoms with Gasteiger partial charge in [-0.3, -0.25) is 5.32 Å². The molecule has 1 fully saturated rings. The fourth-order valence-electron chi connectivity index (χ4n) is 4.58. The van der Waals surface area contributed by atoms with Crippen molar-refractivity contribution < 1.29 is 52.3 Å². The van der Waals surface area contributed by atoms with Crippen molar-refractivity contribution >= 4 is 38.5 Å². The number of hydrogen-bond donors (Lipinski definition) is 3. The number of nitrogens with zero attached hydrogens (tertiary/aromatic N) is 2. The van der Waals surface area contributed by atoms with Crippen LogP contribution in [0.2, 0.25) is 0 Å². The molecule has 1 amide bonds. The fourth-order valence-corrected chi connectivity index (χ4v) is 5.92. The van der Waals surface area contributed by atoms with Crippen molar-refractivity contribution in [2.75, 3.05) is 18.5 Å². The predicted octanol–water partition coefficient (Wildman–Crippen LogP) is 3.04. The number of halogens is 2. The summed E-state index contributed by atoms with van der Waals surface area (Å²) in [6.45, 7) is -0.321. The number of fused-ring (bicyclic) bond motifs is 1. The van der Waals surface area contributed by atoms with Crippen LogP contribution in [0.3, 0.4) is 0 Å². The van der Waals surface area contributed by atoms with Gasteiger partial charge in [-0.15, -0.1) is 0 Å². The highest BCUT2D eigenvalue weighted by molar-refractivity contribution is 7.90. The zero-order valence-electron chi connectivity index (χ0n) is 22.9. The quantitative estimate of drug-likeness (QED) is 0.168. The molecule has 6 rings (SSSR count). The minimum Gasteiger partial charge on any atom is -0.630 e. The molecule has 2 aromatic heterocycles. The normalized spacial score (nSPS) is 13.9. The molecule has 0 bridgehead atoms. The Balaban J connectivity index is 0.00000400. The van der Waals surface area contributed by atoms with E-state index in [0.29, 0.717) is 11.2 Å². The summed E-state index contributed by atoms with van der Waals surface area (Å²) in [6, 6.07) is 16.0. The van der Waals surface area contributed by atoms with Crippen LogP contribution < -0.4 is 20.3 Å². The lowest BCUT2D eigenvalue weighted by Gasteiger charge is -2.36. The zero-order chi connectivity index (χ0) is 31.1. The van der Waals surface area contributed by atoms with Crippen LogP contribution in [0, 0.1) is 16.8 Å². The summed E-state index contributed by atoms with van der Waals surface area (Å²) in [5, 5.41) is 24.1. The Morgan fingerprint density at radius 1 is 1.07 bits per heavy atom. The van der Waals surface area contributed by atoms with E-state index in [0.717, 1.165) is 16.1 Å². The molecular formula is C29H24F2N4O9S. The van der Waals surface area contributed by atoms with E-state index in [4.69, 9.17) is 14.2 Å². The highest BCUT2D eigenvalue weighted by atomic mass is 32.2. The molecule has 1 saturated heterocycles. The van der Waals surface area contributed by atoms with Gasteiger partial charge >= 0.3 is 6.09 Å². The Labute approximate surface area is 253 Å². The molecule has 0 saturated carbocycles. The Morgan fingerprint density at radius 3 is 2.33 bits per heavy atom. The first-order valence-electron chi connectivity index (χ1n) is 12.9. The van der Waals surface area contributed by atoms with E-state index in [2.05, 4.69) is 10.3 Å². The number of aliphatic hydroxyl groups is 1. The van der Waals surface area contributed by atoms with Gasteiger partial charge in [0.15, 0.2) is 23.0 Å². The van der Waals surface area contributed by atoms with Gasteiger partial charge in [-0.2, -0.15) is 0 Å². The topological polar surface area (TPSA) is 200 Å². The number of amides is 1. The second-order valence-corrected chi connectivity index (χ2v) is 11.6. The first kappa shape index (κ1) is 31.5. The van der Waals surface area contributed by atoms with E-state index in [1.807, 2.05) is 0 Å². The third-order valence-electron chi connectivity index (χ3n) is 6.78. The van der Waals surface area contributed by atoms with Gasteiger partial charge in [0.2, 0.25) is 0 Å². The number of ether oxygens (including phenoxy) is 3. The number of nitrogens with two attached hydrogens (primary N) is 1. The van der Waals surface area contributed by atoms with Gasteiger partial charge in [-0.05, 0) is 30.3 Å². The molecule has 5 aromatic rings. The second-order valence-electron chi connectivity index (χ2n) is 9.76. The van der Waals surface area contributed by atoms with Crippen LogP contribution in [-0.2, 0) is 20.4 Å². The molecule has 234 valence electrons. The van der Waals surface area contributed by atoms with E-state index in [1.54, 1.807) is 18.2 Å². The molecule has 45 heavy (non-hydrogen) atoms. The minimum atomic E-state index is -4.21. The third-order valence-corrected chi connectivity index (χ3v) is 8.45. The van der Waals surface area contributed by atoms with Crippen LogP contribution in [0.5, 0.6) is 17.2 Å². The monoisotopic (exact) mass is 642 g/mol. The average Bonchev–Trinajstić information content (AvgIpc) is 3.40. The lowest BCUT2D eigenvalue weighted by Crippen LogP contribution is -2.70. The van der Waals surface area contributed by atoms with Crippen molar-refractivity contribution in [3.05, 3.63) is 108 Å². The zero-order valence-corrected chi connectivity index (χ0v) is 23.8. The Kier molecular flexibility index (Phi) is 8.53. The van der Waals surface area contributed by atoms with E-state index in [9.17, 15) is 23.5 Å². The maximum atomic E-state index is 15.2. The van der Waals surface area contributed by atoms with Gasteiger partial charge in [0.1, 0.15) is 22.8 Å². The Hall–Kier alpha value is -4.97. The molecule has 1 aliphatic heterocycles. The SMILES string of the molecule is O.O=C(Nc1cc(F)c(Oc2ccnc3c2c(C2(O)COC2)cn3S(=O)(=O)c2ccccc2)c(F)c1)Oc1ccc([NH2+][O-])cc1. The van der Waals surface area contributed by atoms with Crippen molar-refractivity contribution in [2.45, 2.75) is 10.5 Å². The molecule has 16 heteroatoms. The Bertz CT molecular complexity index is 1960. The number of anilines is 1. The van der Waals surface area contributed by atoms with Gasteiger partial charge in [-0.25, -0.2) is 30.9 Å². The van der Waals surface area contributed by atoms with Gasteiger partial charge < -0.3 is 35.5 Å². The molecule has 6 N–H and O–H groups in total.